The molecule has 3 rings (SSSR count). The van der Waals surface area contributed by atoms with E-state index in [4.69, 9.17) is 11.6 Å². The summed E-state index contributed by atoms with van der Waals surface area (Å²) in [5.74, 6) is 0. The zero-order chi connectivity index (χ0) is 15.7. The molecule has 0 radical (unpaired) electrons. The lowest BCUT2D eigenvalue weighted by molar-refractivity contribution is 0.468. The highest BCUT2D eigenvalue weighted by molar-refractivity contribution is 7.89. The molecule has 22 heavy (non-hydrogen) atoms. The Morgan fingerprint density at radius 3 is 2.68 bits per heavy atom. The first kappa shape index (κ1) is 15.1. The van der Waals surface area contributed by atoms with Gasteiger partial charge in [-0.15, -0.1) is 0 Å². The zero-order valence-electron chi connectivity index (χ0n) is 12.0. The lowest BCUT2D eigenvalue weighted by atomic mass is 10.2. The maximum atomic E-state index is 12.6. The van der Waals surface area contributed by atoms with Crippen molar-refractivity contribution < 1.29 is 8.42 Å². The Morgan fingerprint density at radius 2 is 1.91 bits per heavy atom. The van der Waals surface area contributed by atoms with Crippen molar-refractivity contribution in [1.82, 2.24) is 9.29 Å². The van der Waals surface area contributed by atoms with Gasteiger partial charge in [-0.1, -0.05) is 35.9 Å². The van der Waals surface area contributed by atoms with Gasteiger partial charge in [-0.05, 0) is 29.8 Å². The molecule has 1 aromatic heterocycles. The van der Waals surface area contributed by atoms with E-state index in [2.05, 4.69) is 4.98 Å². The van der Waals surface area contributed by atoms with Gasteiger partial charge in [0.25, 0.3) is 0 Å². The molecule has 0 atom stereocenters. The lowest BCUT2D eigenvalue weighted by Crippen LogP contribution is -2.26. The third kappa shape index (κ3) is 2.75. The minimum Gasteiger partial charge on any atom is -0.361 e. The number of H-pyrrole nitrogens is 1. The van der Waals surface area contributed by atoms with Crippen molar-refractivity contribution in [2.45, 2.75) is 11.4 Å². The number of rotatable bonds is 4. The molecule has 0 spiro atoms. The summed E-state index contributed by atoms with van der Waals surface area (Å²) in [6, 6.07) is 14.1. The van der Waals surface area contributed by atoms with Crippen LogP contribution in [-0.2, 0) is 16.6 Å². The second-order valence-corrected chi connectivity index (χ2v) is 7.56. The van der Waals surface area contributed by atoms with Crippen LogP contribution in [0.3, 0.4) is 0 Å². The number of hydrogen-bond acceptors (Lipinski definition) is 2. The number of benzene rings is 2. The Bertz CT molecular complexity index is 919. The highest BCUT2D eigenvalue weighted by Crippen LogP contribution is 2.23. The number of sulfonamides is 1. The molecule has 1 N–H and O–H groups in total. The number of aromatic nitrogens is 1. The van der Waals surface area contributed by atoms with Gasteiger partial charge in [-0.2, -0.15) is 4.31 Å². The fourth-order valence-electron chi connectivity index (χ4n) is 2.39. The molecular weight excluding hydrogens is 320 g/mol. The van der Waals surface area contributed by atoms with Gasteiger partial charge >= 0.3 is 0 Å². The Kier molecular flexibility index (Phi) is 3.95. The number of para-hydroxylation sites is 1. The third-order valence-corrected chi connectivity index (χ3v) is 5.61. The summed E-state index contributed by atoms with van der Waals surface area (Å²) in [7, 11) is -2.00. The Morgan fingerprint density at radius 1 is 1.14 bits per heavy atom. The van der Waals surface area contributed by atoms with Gasteiger partial charge in [0, 0.05) is 35.7 Å². The molecule has 3 aromatic rings. The van der Waals surface area contributed by atoms with Gasteiger partial charge in [-0.25, -0.2) is 8.42 Å². The highest BCUT2D eigenvalue weighted by Gasteiger charge is 2.22. The predicted octanol–water partition coefficient (Wildman–Crippen LogP) is 3.64. The fraction of sp³-hybridized carbons (Fsp3) is 0.125. The Hall–Kier alpha value is -1.82. The van der Waals surface area contributed by atoms with Crippen LogP contribution in [0.15, 0.2) is 59.6 Å². The van der Waals surface area contributed by atoms with Gasteiger partial charge in [0.1, 0.15) is 0 Å². The van der Waals surface area contributed by atoms with E-state index in [0.29, 0.717) is 11.6 Å². The summed E-state index contributed by atoms with van der Waals surface area (Å²) in [5, 5.41) is 1.43. The average Bonchev–Trinajstić information content (AvgIpc) is 2.90. The standard InChI is InChI=1S/C16H15ClN2O2S/c1-19(22(20,21)14-6-4-5-13(17)9-14)11-12-10-18-16-8-3-2-7-15(12)16/h2-10,18H,11H2,1H3. The molecule has 6 heteroatoms. The number of hydrogen-bond donors (Lipinski definition) is 1. The summed E-state index contributed by atoms with van der Waals surface area (Å²) in [4.78, 5) is 3.35. The van der Waals surface area contributed by atoms with Crippen LogP contribution in [0.25, 0.3) is 10.9 Å². The monoisotopic (exact) mass is 334 g/mol. The van der Waals surface area contributed by atoms with Crippen LogP contribution < -0.4 is 0 Å². The summed E-state index contributed by atoms with van der Waals surface area (Å²) in [6.45, 7) is 0.291. The van der Waals surface area contributed by atoms with Gasteiger partial charge < -0.3 is 4.98 Å². The summed E-state index contributed by atoms with van der Waals surface area (Å²) in [5.41, 5.74) is 1.93. The first-order valence-corrected chi connectivity index (χ1v) is 8.57. The van der Waals surface area contributed by atoms with Crippen molar-refractivity contribution >= 4 is 32.5 Å². The van der Waals surface area contributed by atoms with Crippen LogP contribution in [0.4, 0.5) is 0 Å². The van der Waals surface area contributed by atoms with E-state index in [-0.39, 0.29) is 4.90 Å². The van der Waals surface area contributed by atoms with Crippen LogP contribution in [0.2, 0.25) is 5.02 Å². The van der Waals surface area contributed by atoms with Crippen LogP contribution in [-0.4, -0.2) is 24.8 Å². The fourth-order valence-corrected chi connectivity index (χ4v) is 3.85. The molecule has 0 saturated heterocycles. The van der Waals surface area contributed by atoms with Crippen LogP contribution in [0, 0.1) is 0 Å². The SMILES string of the molecule is CN(Cc1c[nH]c2ccccc12)S(=O)(=O)c1cccc(Cl)c1. The molecule has 114 valence electrons. The molecule has 0 fully saturated rings. The zero-order valence-corrected chi connectivity index (χ0v) is 13.5. The predicted molar refractivity (Wildman–Crippen MR) is 88.4 cm³/mol. The van der Waals surface area contributed by atoms with E-state index in [9.17, 15) is 8.42 Å². The van der Waals surface area contributed by atoms with Crippen molar-refractivity contribution in [1.29, 1.82) is 0 Å². The van der Waals surface area contributed by atoms with Crippen molar-refractivity contribution in [3.63, 3.8) is 0 Å². The second-order valence-electron chi connectivity index (χ2n) is 5.08. The molecule has 0 aliphatic heterocycles. The molecule has 0 saturated carbocycles. The number of nitrogens with one attached hydrogen (secondary N) is 1. The number of halogens is 1. The minimum absolute atomic E-state index is 0.197. The minimum atomic E-state index is -3.57. The summed E-state index contributed by atoms with van der Waals surface area (Å²) in [6.07, 6.45) is 1.84. The molecule has 0 unspecified atom stereocenters. The van der Waals surface area contributed by atoms with Crippen LogP contribution in [0.5, 0.6) is 0 Å². The Labute approximate surface area is 134 Å². The van der Waals surface area contributed by atoms with Crippen molar-refractivity contribution in [2.24, 2.45) is 0 Å². The first-order valence-electron chi connectivity index (χ1n) is 6.75. The van der Waals surface area contributed by atoms with Crippen molar-refractivity contribution in [3.8, 4) is 0 Å². The molecule has 0 amide bonds. The topological polar surface area (TPSA) is 53.2 Å². The van der Waals surface area contributed by atoms with Gasteiger partial charge in [0.05, 0.1) is 4.90 Å². The molecule has 0 aliphatic rings. The van der Waals surface area contributed by atoms with Gasteiger partial charge in [-0.3, -0.25) is 0 Å². The second kappa shape index (κ2) is 5.76. The Balaban J connectivity index is 1.92. The summed E-state index contributed by atoms with van der Waals surface area (Å²) >= 11 is 5.89. The van der Waals surface area contributed by atoms with E-state index in [1.54, 1.807) is 25.2 Å². The largest absolute Gasteiger partial charge is 0.361 e. The number of nitrogens with zero attached hydrogens (tertiary/aromatic N) is 1. The first-order chi connectivity index (χ1) is 10.5. The quantitative estimate of drug-likeness (QED) is 0.792. The lowest BCUT2D eigenvalue weighted by Gasteiger charge is -2.17. The van der Waals surface area contributed by atoms with Crippen molar-refractivity contribution in [2.75, 3.05) is 7.05 Å². The maximum absolute atomic E-state index is 12.6. The van der Waals surface area contributed by atoms with Crippen LogP contribution >= 0.6 is 11.6 Å². The van der Waals surface area contributed by atoms with Gasteiger partial charge in [0.2, 0.25) is 10.0 Å². The van der Waals surface area contributed by atoms with Crippen molar-refractivity contribution in [3.05, 3.63) is 65.3 Å². The van der Waals surface area contributed by atoms with E-state index < -0.39 is 10.0 Å². The summed E-state index contributed by atoms with van der Waals surface area (Å²) < 4.78 is 26.5. The molecule has 0 bridgehead atoms. The molecule has 0 aliphatic carbocycles. The molecule has 2 aromatic carbocycles. The van der Waals surface area contributed by atoms with E-state index in [1.165, 1.54) is 10.4 Å². The van der Waals surface area contributed by atoms with E-state index >= 15 is 0 Å². The van der Waals surface area contributed by atoms with Crippen LogP contribution in [0.1, 0.15) is 5.56 Å². The van der Waals surface area contributed by atoms with Gasteiger partial charge in [0.15, 0.2) is 0 Å². The van der Waals surface area contributed by atoms with E-state index in [1.807, 2.05) is 30.5 Å². The number of fused-ring (bicyclic) bond motifs is 1. The smallest absolute Gasteiger partial charge is 0.243 e. The normalized spacial score (nSPS) is 12.1. The number of aromatic amines is 1. The maximum Gasteiger partial charge on any atom is 0.243 e. The third-order valence-electron chi connectivity index (χ3n) is 3.57. The molecular formula is C16H15ClN2O2S. The van der Waals surface area contributed by atoms with E-state index in [0.717, 1.165) is 16.5 Å². The molecule has 4 nitrogen and oxygen atoms in total. The average molecular weight is 335 g/mol. The molecule has 1 heterocycles. The highest BCUT2D eigenvalue weighted by atomic mass is 35.5.